The number of carbonyl (C=O) groups is 3. The van der Waals surface area contributed by atoms with Gasteiger partial charge in [-0.3, -0.25) is 14.4 Å². The fourth-order valence-corrected chi connectivity index (χ4v) is 3.77. The third-order valence-corrected chi connectivity index (χ3v) is 5.42. The van der Waals surface area contributed by atoms with Gasteiger partial charge in [0.15, 0.2) is 0 Å². The first-order chi connectivity index (χ1) is 14.5. The number of rotatable bonds is 8. The van der Waals surface area contributed by atoms with Crippen molar-refractivity contribution < 1.29 is 14.4 Å². The van der Waals surface area contributed by atoms with Crippen molar-refractivity contribution in [1.29, 1.82) is 0 Å². The summed E-state index contributed by atoms with van der Waals surface area (Å²) in [7, 11) is 0. The van der Waals surface area contributed by atoms with E-state index >= 15 is 0 Å². The molecule has 6 nitrogen and oxygen atoms in total. The molecule has 0 bridgehead atoms. The SMILES string of the molecule is CCCN(C(=O)C1CC(=O)N(Cc2ccccc2)C1)C(C)C(=O)Nc1ccccc1. The lowest BCUT2D eigenvalue weighted by Gasteiger charge is -2.30. The van der Waals surface area contributed by atoms with Crippen LogP contribution in [-0.4, -0.2) is 46.7 Å². The molecule has 2 aromatic carbocycles. The Kier molecular flexibility index (Phi) is 7.22. The molecule has 1 fully saturated rings. The molecule has 158 valence electrons. The van der Waals surface area contributed by atoms with Gasteiger partial charge in [-0.2, -0.15) is 0 Å². The number of likely N-dealkylation sites (tertiary alicyclic amines) is 1. The molecule has 1 aliphatic rings. The molecule has 30 heavy (non-hydrogen) atoms. The molecule has 2 unspecified atom stereocenters. The highest BCUT2D eigenvalue weighted by Crippen LogP contribution is 2.23. The molecule has 0 aliphatic carbocycles. The number of anilines is 1. The summed E-state index contributed by atoms with van der Waals surface area (Å²) in [6, 6.07) is 18.3. The van der Waals surface area contributed by atoms with E-state index in [2.05, 4.69) is 5.32 Å². The lowest BCUT2D eigenvalue weighted by molar-refractivity contribution is -0.141. The van der Waals surface area contributed by atoms with Crippen molar-refractivity contribution in [2.45, 2.75) is 39.3 Å². The predicted octanol–water partition coefficient (Wildman–Crippen LogP) is 3.30. The Morgan fingerprint density at radius 3 is 2.37 bits per heavy atom. The van der Waals surface area contributed by atoms with Crippen molar-refractivity contribution in [3.05, 3.63) is 66.2 Å². The van der Waals surface area contributed by atoms with E-state index in [1.807, 2.05) is 67.6 Å². The monoisotopic (exact) mass is 407 g/mol. The lowest BCUT2D eigenvalue weighted by atomic mass is 10.1. The van der Waals surface area contributed by atoms with Crippen LogP contribution in [0.1, 0.15) is 32.3 Å². The largest absolute Gasteiger partial charge is 0.338 e. The van der Waals surface area contributed by atoms with Crippen LogP contribution in [0.15, 0.2) is 60.7 Å². The number of hydrogen-bond donors (Lipinski definition) is 1. The van der Waals surface area contributed by atoms with Gasteiger partial charge < -0.3 is 15.1 Å². The van der Waals surface area contributed by atoms with E-state index in [1.165, 1.54) is 0 Å². The van der Waals surface area contributed by atoms with Gasteiger partial charge in [0, 0.05) is 31.7 Å². The van der Waals surface area contributed by atoms with Gasteiger partial charge in [-0.15, -0.1) is 0 Å². The second kappa shape index (κ2) is 10.1. The van der Waals surface area contributed by atoms with E-state index in [9.17, 15) is 14.4 Å². The molecule has 0 spiro atoms. The Morgan fingerprint density at radius 2 is 1.73 bits per heavy atom. The highest BCUT2D eigenvalue weighted by atomic mass is 16.2. The van der Waals surface area contributed by atoms with Crippen LogP contribution in [0, 0.1) is 5.92 Å². The van der Waals surface area contributed by atoms with Gasteiger partial charge in [0.05, 0.1) is 5.92 Å². The molecule has 0 aromatic heterocycles. The molecule has 0 radical (unpaired) electrons. The Bertz CT molecular complexity index is 870. The number of amides is 3. The molecule has 0 saturated carbocycles. The maximum Gasteiger partial charge on any atom is 0.246 e. The molecule has 1 saturated heterocycles. The zero-order valence-corrected chi connectivity index (χ0v) is 17.6. The normalized spacial score (nSPS) is 16.9. The van der Waals surface area contributed by atoms with Gasteiger partial charge in [0.1, 0.15) is 6.04 Å². The molecule has 2 aromatic rings. The Labute approximate surface area is 177 Å². The summed E-state index contributed by atoms with van der Waals surface area (Å²) < 4.78 is 0. The van der Waals surface area contributed by atoms with Crippen molar-refractivity contribution in [1.82, 2.24) is 9.80 Å². The molecule has 1 N–H and O–H groups in total. The van der Waals surface area contributed by atoms with Gasteiger partial charge in [-0.25, -0.2) is 0 Å². The lowest BCUT2D eigenvalue weighted by Crippen LogP contribution is -2.48. The smallest absolute Gasteiger partial charge is 0.246 e. The van der Waals surface area contributed by atoms with Gasteiger partial charge >= 0.3 is 0 Å². The van der Waals surface area contributed by atoms with Crippen molar-refractivity contribution in [2.24, 2.45) is 5.92 Å². The van der Waals surface area contributed by atoms with Gasteiger partial charge in [-0.1, -0.05) is 55.5 Å². The number of nitrogens with one attached hydrogen (secondary N) is 1. The Morgan fingerprint density at radius 1 is 1.10 bits per heavy atom. The topological polar surface area (TPSA) is 69.7 Å². The van der Waals surface area contributed by atoms with Crippen molar-refractivity contribution in [3.63, 3.8) is 0 Å². The summed E-state index contributed by atoms with van der Waals surface area (Å²) in [5.74, 6) is -0.792. The number of carbonyl (C=O) groups excluding carboxylic acids is 3. The van der Waals surface area contributed by atoms with Crippen molar-refractivity contribution in [3.8, 4) is 0 Å². The number of para-hydroxylation sites is 1. The highest BCUT2D eigenvalue weighted by Gasteiger charge is 2.38. The van der Waals surface area contributed by atoms with Crippen molar-refractivity contribution >= 4 is 23.4 Å². The van der Waals surface area contributed by atoms with Crippen LogP contribution in [0.5, 0.6) is 0 Å². The maximum atomic E-state index is 13.2. The van der Waals surface area contributed by atoms with E-state index < -0.39 is 12.0 Å². The van der Waals surface area contributed by atoms with Crippen molar-refractivity contribution in [2.75, 3.05) is 18.4 Å². The minimum Gasteiger partial charge on any atom is -0.338 e. The zero-order valence-electron chi connectivity index (χ0n) is 17.6. The summed E-state index contributed by atoms with van der Waals surface area (Å²) in [5, 5.41) is 2.87. The molecular formula is C24H29N3O3. The van der Waals surface area contributed by atoms with Crippen LogP contribution in [0.3, 0.4) is 0 Å². The fraction of sp³-hybridized carbons (Fsp3) is 0.375. The molecular weight excluding hydrogens is 378 g/mol. The standard InChI is InChI=1S/C24H29N3O3/c1-3-14-27(18(2)23(29)25-21-12-8-5-9-13-21)24(30)20-15-22(28)26(17-20)16-19-10-6-4-7-11-19/h4-13,18,20H,3,14-17H2,1-2H3,(H,25,29). The van der Waals surface area contributed by atoms with E-state index in [0.717, 1.165) is 12.0 Å². The van der Waals surface area contributed by atoms with Gasteiger partial charge in [0.25, 0.3) is 0 Å². The Balaban J connectivity index is 1.65. The summed E-state index contributed by atoms with van der Waals surface area (Å²) in [5.41, 5.74) is 1.74. The molecule has 3 amide bonds. The minimum atomic E-state index is -0.615. The third-order valence-electron chi connectivity index (χ3n) is 5.42. The van der Waals surface area contributed by atoms with Crippen LogP contribution in [0.2, 0.25) is 0 Å². The maximum absolute atomic E-state index is 13.2. The molecule has 1 heterocycles. The second-order valence-corrected chi connectivity index (χ2v) is 7.72. The average Bonchev–Trinajstić information content (AvgIpc) is 3.12. The van der Waals surface area contributed by atoms with Crippen LogP contribution in [-0.2, 0) is 20.9 Å². The number of benzene rings is 2. The first-order valence-electron chi connectivity index (χ1n) is 10.5. The first-order valence-corrected chi connectivity index (χ1v) is 10.5. The third kappa shape index (κ3) is 5.26. The number of nitrogens with zero attached hydrogens (tertiary/aromatic N) is 2. The first kappa shape index (κ1) is 21.6. The second-order valence-electron chi connectivity index (χ2n) is 7.72. The fourth-order valence-electron chi connectivity index (χ4n) is 3.77. The molecule has 2 atom stereocenters. The van der Waals surface area contributed by atoms with Crippen LogP contribution in [0.4, 0.5) is 5.69 Å². The van der Waals surface area contributed by atoms with E-state index in [4.69, 9.17) is 0 Å². The van der Waals surface area contributed by atoms with Gasteiger partial charge in [0.2, 0.25) is 17.7 Å². The molecule has 1 aliphatic heterocycles. The minimum absolute atomic E-state index is 0.0185. The highest BCUT2D eigenvalue weighted by molar-refractivity contribution is 5.98. The summed E-state index contributed by atoms with van der Waals surface area (Å²) in [6.07, 6.45) is 0.933. The van der Waals surface area contributed by atoms with E-state index in [0.29, 0.717) is 25.3 Å². The predicted molar refractivity (Wildman–Crippen MR) is 117 cm³/mol. The Hall–Kier alpha value is -3.15. The number of hydrogen-bond acceptors (Lipinski definition) is 3. The quantitative estimate of drug-likeness (QED) is 0.730. The molecule has 6 heteroatoms. The average molecular weight is 408 g/mol. The summed E-state index contributed by atoms with van der Waals surface area (Å²) in [6.45, 7) is 5.08. The van der Waals surface area contributed by atoms with Gasteiger partial charge in [-0.05, 0) is 31.0 Å². The summed E-state index contributed by atoms with van der Waals surface area (Å²) >= 11 is 0. The van der Waals surface area contributed by atoms with E-state index in [1.54, 1.807) is 16.7 Å². The van der Waals surface area contributed by atoms with Crippen LogP contribution < -0.4 is 5.32 Å². The van der Waals surface area contributed by atoms with Crippen LogP contribution >= 0.6 is 0 Å². The van der Waals surface area contributed by atoms with Crippen LogP contribution in [0.25, 0.3) is 0 Å². The zero-order chi connectivity index (χ0) is 21.5. The summed E-state index contributed by atoms with van der Waals surface area (Å²) in [4.78, 5) is 41.8. The molecule has 3 rings (SSSR count). The van der Waals surface area contributed by atoms with E-state index in [-0.39, 0.29) is 24.1 Å².